The highest BCUT2D eigenvalue weighted by Crippen LogP contribution is 2.27. The normalized spacial score (nSPS) is 14.3. The summed E-state index contributed by atoms with van der Waals surface area (Å²) in [5.41, 5.74) is 5.73. The number of nitrogens with one attached hydrogen (secondary N) is 1. The molecule has 0 aromatic heterocycles. The molecule has 0 fully saturated rings. The Morgan fingerprint density at radius 3 is 2.53 bits per heavy atom. The summed E-state index contributed by atoms with van der Waals surface area (Å²) in [7, 11) is 3.15. The molecule has 4 nitrogen and oxygen atoms in total. The van der Waals surface area contributed by atoms with Crippen LogP contribution in [0.25, 0.3) is 0 Å². The molecule has 0 saturated heterocycles. The first-order valence-corrected chi connectivity index (χ1v) is 6.30. The molecule has 0 radical (unpaired) electrons. The van der Waals surface area contributed by atoms with E-state index in [0.29, 0.717) is 24.6 Å². The van der Waals surface area contributed by atoms with Gasteiger partial charge in [0.05, 0.1) is 24.9 Å². The monoisotopic (exact) mass is 270 g/mol. The molecule has 0 bridgehead atoms. The molecule has 108 valence electrons. The van der Waals surface area contributed by atoms with Crippen molar-refractivity contribution in [2.75, 3.05) is 32.7 Å². The number of hydrogen-bond acceptors (Lipinski definition) is 4. The highest BCUT2D eigenvalue weighted by atomic mass is 19.1. The summed E-state index contributed by atoms with van der Waals surface area (Å²) in [5.74, 6) is 0.439. The molecule has 1 unspecified atom stereocenters. The molecule has 0 heterocycles. The van der Waals surface area contributed by atoms with Gasteiger partial charge in [-0.2, -0.15) is 0 Å². The zero-order valence-electron chi connectivity index (χ0n) is 12.0. The van der Waals surface area contributed by atoms with Gasteiger partial charge in [-0.25, -0.2) is 4.39 Å². The van der Waals surface area contributed by atoms with E-state index in [-0.39, 0.29) is 11.7 Å². The van der Waals surface area contributed by atoms with Gasteiger partial charge in [-0.15, -0.1) is 0 Å². The van der Waals surface area contributed by atoms with Crippen LogP contribution in [0.4, 0.5) is 10.1 Å². The molecule has 0 aliphatic carbocycles. The third-order valence-corrected chi connectivity index (χ3v) is 3.43. The topological polar surface area (TPSA) is 56.5 Å². The van der Waals surface area contributed by atoms with E-state index in [0.717, 1.165) is 0 Å². The second-order valence-corrected chi connectivity index (χ2v) is 4.92. The van der Waals surface area contributed by atoms with Crippen LogP contribution in [0.5, 0.6) is 5.75 Å². The highest BCUT2D eigenvalue weighted by molar-refractivity contribution is 5.51. The van der Waals surface area contributed by atoms with Crippen molar-refractivity contribution in [3.8, 4) is 5.75 Å². The van der Waals surface area contributed by atoms with Crippen molar-refractivity contribution in [1.29, 1.82) is 0 Å². The van der Waals surface area contributed by atoms with Gasteiger partial charge in [0.2, 0.25) is 0 Å². The van der Waals surface area contributed by atoms with Gasteiger partial charge in [0.25, 0.3) is 0 Å². The van der Waals surface area contributed by atoms with Crippen LogP contribution in [0.15, 0.2) is 18.2 Å². The highest BCUT2D eigenvalue weighted by Gasteiger charge is 2.33. The summed E-state index contributed by atoms with van der Waals surface area (Å²) in [6.07, 6.45) is 0. The molecule has 1 rings (SSSR count). The van der Waals surface area contributed by atoms with Gasteiger partial charge >= 0.3 is 0 Å². The van der Waals surface area contributed by atoms with Crippen LogP contribution < -0.4 is 15.8 Å². The van der Waals surface area contributed by atoms with Gasteiger partial charge in [0, 0.05) is 19.7 Å². The molecule has 5 heteroatoms. The lowest BCUT2D eigenvalue weighted by molar-refractivity contribution is 0.121. The molecule has 0 saturated carbocycles. The van der Waals surface area contributed by atoms with Crippen molar-refractivity contribution >= 4 is 5.69 Å². The van der Waals surface area contributed by atoms with Crippen molar-refractivity contribution in [2.24, 2.45) is 11.7 Å². The Balaban J connectivity index is 3.08. The minimum absolute atomic E-state index is 0.183. The van der Waals surface area contributed by atoms with Crippen molar-refractivity contribution in [1.82, 2.24) is 0 Å². The fraction of sp³-hybridized carbons (Fsp3) is 0.571. The van der Waals surface area contributed by atoms with E-state index in [4.69, 9.17) is 15.2 Å². The standard InChI is InChI=1S/C14H23FN2O2/c1-10(2)14(8-16,9-18-3)17-13-7-11(19-4)5-6-12(13)15/h5-7,10,17H,8-9,16H2,1-4H3. The molecular weight excluding hydrogens is 247 g/mol. The predicted molar refractivity (Wildman–Crippen MR) is 75.1 cm³/mol. The van der Waals surface area contributed by atoms with E-state index >= 15 is 0 Å². The number of anilines is 1. The lowest BCUT2D eigenvalue weighted by atomic mass is 9.86. The maximum absolute atomic E-state index is 13.9. The first kappa shape index (κ1) is 15.7. The van der Waals surface area contributed by atoms with Crippen molar-refractivity contribution in [2.45, 2.75) is 19.4 Å². The maximum Gasteiger partial charge on any atom is 0.146 e. The quantitative estimate of drug-likeness (QED) is 0.798. The van der Waals surface area contributed by atoms with Crippen molar-refractivity contribution < 1.29 is 13.9 Å². The second-order valence-electron chi connectivity index (χ2n) is 4.92. The Hall–Kier alpha value is -1.33. The van der Waals surface area contributed by atoms with Crippen LogP contribution in [0.3, 0.4) is 0 Å². The average Bonchev–Trinajstić information content (AvgIpc) is 2.40. The van der Waals surface area contributed by atoms with Gasteiger partial charge in [-0.1, -0.05) is 13.8 Å². The Labute approximate surface area is 114 Å². The number of ether oxygens (including phenoxy) is 2. The van der Waals surface area contributed by atoms with Crippen molar-refractivity contribution in [3.63, 3.8) is 0 Å². The van der Waals surface area contributed by atoms with Crippen LogP contribution in [-0.4, -0.2) is 32.9 Å². The summed E-state index contributed by atoms with van der Waals surface area (Å²) < 4.78 is 24.2. The summed E-state index contributed by atoms with van der Waals surface area (Å²) in [6.45, 7) is 4.79. The van der Waals surface area contributed by atoms with Crippen LogP contribution >= 0.6 is 0 Å². The summed E-state index contributed by atoms with van der Waals surface area (Å²) in [6, 6.07) is 4.57. The van der Waals surface area contributed by atoms with Crippen LogP contribution in [-0.2, 0) is 4.74 Å². The lowest BCUT2D eigenvalue weighted by Crippen LogP contribution is -2.53. The molecule has 3 N–H and O–H groups in total. The lowest BCUT2D eigenvalue weighted by Gasteiger charge is -2.38. The molecule has 1 atom stereocenters. The van der Waals surface area contributed by atoms with E-state index in [1.165, 1.54) is 6.07 Å². The van der Waals surface area contributed by atoms with E-state index in [2.05, 4.69) is 5.32 Å². The Bertz CT molecular complexity index is 412. The first-order valence-electron chi connectivity index (χ1n) is 6.30. The summed E-state index contributed by atoms with van der Waals surface area (Å²) in [4.78, 5) is 0. The molecule has 0 aliphatic rings. The second kappa shape index (κ2) is 6.73. The maximum atomic E-state index is 13.9. The van der Waals surface area contributed by atoms with Crippen LogP contribution in [0.1, 0.15) is 13.8 Å². The minimum atomic E-state index is -0.512. The summed E-state index contributed by atoms with van der Waals surface area (Å²) >= 11 is 0. The Kier molecular flexibility index (Phi) is 5.57. The van der Waals surface area contributed by atoms with Crippen molar-refractivity contribution in [3.05, 3.63) is 24.0 Å². The predicted octanol–water partition coefficient (Wildman–Crippen LogP) is 2.25. The van der Waals surface area contributed by atoms with Crippen LogP contribution in [0.2, 0.25) is 0 Å². The van der Waals surface area contributed by atoms with Gasteiger partial charge in [0.15, 0.2) is 0 Å². The molecule has 1 aromatic carbocycles. The summed E-state index contributed by atoms with van der Waals surface area (Å²) in [5, 5.41) is 3.18. The van der Waals surface area contributed by atoms with E-state index in [1.807, 2.05) is 13.8 Å². The zero-order chi connectivity index (χ0) is 14.5. The number of hydrogen-bond donors (Lipinski definition) is 2. The molecule has 1 aromatic rings. The SMILES string of the molecule is COCC(CN)(Nc1cc(OC)ccc1F)C(C)C. The van der Waals surface area contributed by atoms with E-state index in [9.17, 15) is 4.39 Å². The van der Waals surface area contributed by atoms with E-state index in [1.54, 1.807) is 26.4 Å². The number of rotatable bonds is 7. The minimum Gasteiger partial charge on any atom is -0.497 e. The number of halogens is 1. The zero-order valence-corrected chi connectivity index (χ0v) is 12.0. The molecule has 0 aliphatic heterocycles. The van der Waals surface area contributed by atoms with Gasteiger partial charge in [-0.3, -0.25) is 0 Å². The molecule has 0 spiro atoms. The molecule has 0 amide bonds. The third-order valence-electron chi connectivity index (χ3n) is 3.43. The van der Waals surface area contributed by atoms with E-state index < -0.39 is 5.54 Å². The molecular formula is C14H23FN2O2. The smallest absolute Gasteiger partial charge is 0.146 e. The number of benzene rings is 1. The van der Waals surface area contributed by atoms with Gasteiger partial charge in [-0.05, 0) is 18.1 Å². The first-order chi connectivity index (χ1) is 8.99. The fourth-order valence-electron chi connectivity index (χ4n) is 1.95. The third kappa shape index (κ3) is 3.58. The number of nitrogens with two attached hydrogens (primary N) is 1. The van der Waals surface area contributed by atoms with Gasteiger partial charge in [0.1, 0.15) is 11.6 Å². The fourth-order valence-corrected chi connectivity index (χ4v) is 1.95. The van der Waals surface area contributed by atoms with Crippen LogP contribution in [0, 0.1) is 11.7 Å². The Morgan fingerprint density at radius 1 is 1.37 bits per heavy atom. The largest absolute Gasteiger partial charge is 0.497 e. The number of methoxy groups -OCH3 is 2. The average molecular weight is 270 g/mol. The molecule has 19 heavy (non-hydrogen) atoms. The van der Waals surface area contributed by atoms with Gasteiger partial charge < -0.3 is 20.5 Å². The Morgan fingerprint density at radius 2 is 2.05 bits per heavy atom.